The van der Waals surface area contributed by atoms with E-state index in [1.807, 2.05) is 38.1 Å². The summed E-state index contributed by atoms with van der Waals surface area (Å²) in [7, 11) is 0. The van der Waals surface area contributed by atoms with E-state index in [1.54, 1.807) is 0 Å². The number of anilines is 3. The molecule has 1 heterocycles. The number of hydrazine groups is 1. The molecule has 0 aliphatic carbocycles. The average molecular weight is 278 g/mol. The van der Waals surface area contributed by atoms with E-state index in [0.717, 1.165) is 29.3 Å². The molecule has 0 fully saturated rings. The number of nitrogen functional groups attached to an aromatic ring is 1. The Bertz CT molecular complexity index is 568. The first-order valence-electron chi connectivity index (χ1n) is 6.00. The van der Waals surface area contributed by atoms with Gasteiger partial charge in [-0.1, -0.05) is 18.5 Å². The number of rotatable bonds is 4. The lowest BCUT2D eigenvalue weighted by Gasteiger charge is -2.13. The monoisotopic (exact) mass is 277 g/mol. The molecule has 0 spiro atoms. The van der Waals surface area contributed by atoms with Gasteiger partial charge in [0.15, 0.2) is 0 Å². The molecule has 19 heavy (non-hydrogen) atoms. The van der Waals surface area contributed by atoms with Crippen LogP contribution in [0.4, 0.5) is 17.3 Å². The minimum atomic E-state index is 0.628. The fourth-order valence-corrected chi connectivity index (χ4v) is 1.78. The largest absolute Gasteiger partial charge is 0.340 e. The van der Waals surface area contributed by atoms with Crippen LogP contribution in [-0.4, -0.2) is 9.97 Å². The van der Waals surface area contributed by atoms with Gasteiger partial charge >= 0.3 is 0 Å². The van der Waals surface area contributed by atoms with Gasteiger partial charge in [-0.15, -0.1) is 0 Å². The highest BCUT2D eigenvalue weighted by atomic mass is 35.5. The summed E-state index contributed by atoms with van der Waals surface area (Å²) in [4.78, 5) is 8.78. The molecule has 0 radical (unpaired) electrons. The Kier molecular flexibility index (Phi) is 4.19. The van der Waals surface area contributed by atoms with E-state index in [-0.39, 0.29) is 0 Å². The van der Waals surface area contributed by atoms with Crippen LogP contribution >= 0.6 is 11.6 Å². The fourth-order valence-electron chi connectivity index (χ4n) is 1.65. The van der Waals surface area contributed by atoms with Gasteiger partial charge in [0.2, 0.25) is 0 Å². The standard InChI is InChI=1S/C13H16ClN5/c1-3-11-17-12(8(2)13(18-11)19-15)16-10-6-4-9(14)5-7-10/h4-7H,3,15H2,1-2H3,(H2,16,17,18,19). The van der Waals surface area contributed by atoms with Crippen LogP contribution in [-0.2, 0) is 6.42 Å². The molecule has 6 heteroatoms. The average Bonchev–Trinajstić information content (AvgIpc) is 2.43. The van der Waals surface area contributed by atoms with Crippen molar-refractivity contribution in [1.29, 1.82) is 0 Å². The highest BCUT2D eigenvalue weighted by Crippen LogP contribution is 2.24. The molecule has 0 saturated heterocycles. The number of halogens is 1. The van der Waals surface area contributed by atoms with Gasteiger partial charge in [0.05, 0.1) is 0 Å². The van der Waals surface area contributed by atoms with Crippen molar-refractivity contribution >= 4 is 28.9 Å². The zero-order valence-electron chi connectivity index (χ0n) is 10.9. The summed E-state index contributed by atoms with van der Waals surface area (Å²) in [5.74, 6) is 7.57. The maximum absolute atomic E-state index is 5.86. The van der Waals surface area contributed by atoms with Crippen LogP contribution in [0.2, 0.25) is 5.02 Å². The molecular formula is C13H16ClN5. The first kappa shape index (κ1) is 13.6. The Hall–Kier alpha value is -1.85. The summed E-state index contributed by atoms with van der Waals surface area (Å²) in [6, 6.07) is 7.43. The van der Waals surface area contributed by atoms with E-state index in [0.29, 0.717) is 10.8 Å². The van der Waals surface area contributed by atoms with Crippen LogP contribution in [0.5, 0.6) is 0 Å². The molecule has 1 aromatic carbocycles. The second-order valence-electron chi connectivity index (χ2n) is 4.09. The summed E-state index contributed by atoms with van der Waals surface area (Å²) in [6.45, 7) is 3.91. The third-order valence-electron chi connectivity index (χ3n) is 2.75. The third-order valence-corrected chi connectivity index (χ3v) is 3.00. The van der Waals surface area contributed by atoms with Crippen molar-refractivity contribution < 1.29 is 0 Å². The van der Waals surface area contributed by atoms with E-state index >= 15 is 0 Å². The summed E-state index contributed by atoms with van der Waals surface area (Å²) in [6.07, 6.45) is 0.740. The van der Waals surface area contributed by atoms with E-state index in [9.17, 15) is 0 Å². The number of nitrogens with one attached hydrogen (secondary N) is 2. The second-order valence-corrected chi connectivity index (χ2v) is 4.53. The molecule has 0 aliphatic heterocycles. The number of hydrogen-bond acceptors (Lipinski definition) is 5. The Morgan fingerprint density at radius 1 is 1.16 bits per heavy atom. The predicted molar refractivity (Wildman–Crippen MR) is 78.7 cm³/mol. The van der Waals surface area contributed by atoms with Crippen molar-refractivity contribution in [2.45, 2.75) is 20.3 Å². The minimum absolute atomic E-state index is 0.628. The van der Waals surface area contributed by atoms with Crippen molar-refractivity contribution in [3.8, 4) is 0 Å². The molecule has 0 amide bonds. The summed E-state index contributed by atoms with van der Waals surface area (Å²) in [5.41, 5.74) is 4.38. The minimum Gasteiger partial charge on any atom is -0.340 e. The lowest BCUT2D eigenvalue weighted by Crippen LogP contribution is -2.13. The zero-order chi connectivity index (χ0) is 13.8. The Morgan fingerprint density at radius 3 is 2.37 bits per heavy atom. The first-order valence-corrected chi connectivity index (χ1v) is 6.38. The number of nitrogens with zero attached hydrogens (tertiary/aromatic N) is 2. The first-order chi connectivity index (χ1) is 9.13. The van der Waals surface area contributed by atoms with Crippen molar-refractivity contribution in [2.75, 3.05) is 10.7 Å². The summed E-state index contributed by atoms with van der Waals surface area (Å²) >= 11 is 5.86. The fraction of sp³-hybridized carbons (Fsp3) is 0.231. The van der Waals surface area contributed by atoms with Gasteiger partial charge in [0.1, 0.15) is 17.5 Å². The smallest absolute Gasteiger partial charge is 0.148 e. The van der Waals surface area contributed by atoms with Crippen LogP contribution in [0.1, 0.15) is 18.3 Å². The van der Waals surface area contributed by atoms with Crippen LogP contribution in [0, 0.1) is 6.92 Å². The maximum Gasteiger partial charge on any atom is 0.148 e. The third kappa shape index (κ3) is 3.13. The number of aryl methyl sites for hydroxylation is 1. The number of hydrogen-bond donors (Lipinski definition) is 3. The normalized spacial score (nSPS) is 10.3. The number of aromatic nitrogens is 2. The van der Waals surface area contributed by atoms with Crippen molar-refractivity contribution in [2.24, 2.45) is 5.84 Å². The van der Waals surface area contributed by atoms with Gasteiger partial charge in [0.25, 0.3) is 0 Å². The van der Waals surface area contributed by atoms with Crippen molar-refractivity contribution in [3.63, 3.8) is 0 Å². The molecule has 0 atom stereocenters. The SMILES string of the molecule is CCc1nc(NN)c(C)c(Nc2ccc(Cl)cc2)n1. The van der Waals surface area contributed by atoms with Gasteiger partial charge in [-0.05, 0) is 31.2 Å². The Balaban J connectivity index is 2.35. The highest BCUT2D eigenvalue weighted by Gasteiger charge is 2.09. The van der Waals surface area contributed by atoms with Crippen molar-refractivity contribution in [3.05, 3.63) is 40.7 Å². The van der Waals surface area contributed by atoms with E-state index in [1.165, 1.54) is 0 Å². The molecule has 2 rings (SSSR count). The molecule has 0 saturated carbocycles. The van der Waals surface area contributed by atoms with Crippen molar-refractivity contribution in [1.82, 2.24) is 9.97 Å². The van der Waals surface area contributed by atoms with Crippen LogP contribution in [0.15, 0.2) is 24.3 Å². The number of nitrogens with two attached hydrogens (primary N) is 1. The molecule has 0 unspecified atom stereocenters. The second kappa shape index (κ2) is 5.86. The molecule has 4 N–H and O–H groups in total. The van der Waals surface area contributed by atoms with E-state index in [2.05, 4.69) is 20.7 Å². The van der Waals surface area contributed by atoms with Gasteiger partial charge in [-0.25, -0.2) is 15.8 Å². The maximum atomic E-state index is 5.86. The topological polar surface area (TPSA) is 75.9 Å². The predicted octanol–water partition coefficient (Wildman–Crippen LogP) is 3.03. The lowest BCUT2D eigenvalue weighted by molar-refractivity contribution is 0.932. The van der Waals surface area contributed by atoms with Gasteiger partial charge < -0.3 is 10.7 Å². The molecule has 1 aromatic heterocycles. The zero-order valence-corrected chi connectivity index (χ0v) is 11.6. The van der Waals surface area contributed by atoms with Gasteiger partial charge in [0, 0.05) is 22.7 Å². The van der Waals surface area contributed by atoms with Crippen LogP contribution < -0.4 is 16.6 Å². The molecule has 0 bridgehead atoms. The van der Waals surface area contributed by atoms with E-state index < -0.39 is 0 Å². The molecule has 2 aromatic rings. The number of benzene rings is 1. The van der Waals surface area contributed by atoms with E-state index in [4.69, 9.17) is 17.4 Å². The summed E-state index contributed by atoms with van der Waals surface area (Å²) < 4.78 is 0. The molecule has 5 nitrogen and oxygen atoms in total. The lowest BCUT2D eigenvalue weighted by atomic mass is 10.2. The van der Waals surface area contributed by atoms with Crippen LogP contribution in [0.3, 0.4) is 0 Å². The molecule has 0 aliphatic rings. The quantitative estimate of drug-likeness (QED) is 0.592. The van der Waals surface area contributed by atoms with Gasteiger partial charge in [-0.2, -0.15) is 0 Å². The Labute approximate surface area is 117 Å². The van der Waals surface area contributed by atoms with Gasteiger partial charge in [-0.3, -0.25) is 0 Å². The van der Waals surface area contributed by atoms with Crippen LogP contribution in [0.25, 0.3) is 0 Å². The summed E-state index contributed by atoms with van der Waals surface area (Å²) in [5, 5.41) is 3.94. The highest BCUT2D eigenvalue weighted by molar-refractivity contribution is 6.30. The molecular weight excluding hydrogens is 262 g/mol. The Morgan fingerprint density at radius 2 is 1.79 bits per heavy atom. The molecule has 100 valence electrons.